The van der Waals surface area contributed by atoms with Crippen LogP contribution in [0.5, 0.6) is 0 Å². The zero-order valence-corrected chi connectivity index (χ0v) is 11.6. The van der Waals surface area contributed by atoms with Crippen LogP contribution < -0.4 is 5.32 Å². The van der Waals surface area contributed by atoms with Gasteiger partial charge in [0.15, 0.2) is 0 Å². The van der Waals surface area contributed by atoms with E-state index >= 15 is 0 Å². The molecule has 2 rings (SSSR count). The molecule has 2 nitrogen and oxygen atoms in total. The summed E-state index contributed by atoms with van der Waals surface area (Å²) in [6, 6.07) is 6.01. The molecule has 2 aromatic heterocycles. The van der Waals surface area contributed by atoms with Crippen LogP contribution in [0.15, 0.2) is 23.6 Å². The number of rotatable bonds is 4. The van der Waals surface area contributed by atoms with Gasteiger partial charge in [0.05, 0.1) is 11.4 Å². The van der Waals surface area contributed by atoms with E-state index in [1.54, 1.807) is 22.7 Å². The first-order chi connectivity index (χ1) is 8.20. The van der Waals surface area contributed by atoms with Gasteiger partial charge in [0.2, 0.25) is 0 Å². The number of aryl methyl sites for hydroxylation is 2. The minimum Gasteiger partial charge on any atom is -0.346 e. The molecule has 0 unspecified atom stereocenters. The van der Waals surface area contributed by atoms with Crippen LogP contribution in [0.3, 0.4) is 0 Å². The van der Waals surface area contributed by atoms with Crippen molar-refractivity contribution in [3.05, 3.63) is 43.8 Å². The smallest absolute Gasteiger partial charge is 0.261 e. The fraction of sp³-hybridized carbons (Fsp3) is 0.308. The van der Waals surface area contributed by atoms with Gasteiger partial charge >= 0.3 is 0 Å². The molecule has 0 fully saturated rings. The molecule has 0 saturated carbocycles. The van der Waals surface area contributed by atoms with Gasteiger partial charge in [-0.15, -0.1) is 22.7 Å². The maximum atomic E-state index is 11.9. The molecular formula is C13H15NOS2. The van der Waals surface area contributed by atoms with Crippen molar-refractivity contribution in [3.63, 3.8) is 0 Å². The predicted octanol–water partition coefficient (Wildman–Crippen LogP) is 3.61. The summed E-state index contributed by atoms with van der Waals surface area (Å²) in [6.07, 6.45) is 0.995. The van der Waals surface area contributed by atoms with Crippen molar-refractivity contribution >= 4 is 28.6 Å². The molecule has 0 saturated heterocycles. The Bertz CT molecular complexity index is 499. The summed E-state index contributed by atoms with van der Waals surface area (Å²) in [5.74, 6) is 0.0335. The summed E-state index contributed by atoms with van der Waals surface area (Å²) in [5.41, 5.74) is 1.22. The van der Waals surface area contributed by atoms with Crippen LogP contribution in [0.4, 0.5) is 0 Å². The monoisotopic (exact) mass is 265 g/mol. The predicted molar refractivity (Wildman–Crippen MR) is 73.9 cm³/mol. The standard InChI is InChI=1S/C13H15NOS2/c1-3-11-9(2)7-12(17-11)13(15)14-8-10-5-4-6-16-10/h4-7H,3,8H2,1-2H3,(H,14,15). The van der Waals surface area contributed by atoms with Gasteiger partial charge in [-0.2, -0.15) is 0 Å². The topological polar surface area (TPSA) is 29.1 Å². The Balaban J connectivity index is 1.99. The Labute approximate surface area is 109 Å². The second kappa shape index (κ2) is 5.47. The van der Waals surface area contributed by atoms with Gasteiger partial charge < -0.3 is 5.32 Å². The molecule has 17 heavy (non-hydrogen) atoms. The zero-order chi connectivity index (χ0) is 12.3. The van der Waals surface area contributed by atoms with Gasteiger partial charge in [-0.3, -0.25) is 4.79 Å². The average Bonchev–Trinajstić information content (AvgIpc) is 2.94. The second-order valence-corrected chi connectivity index (χ2v) is 6.00. The molecule has 0 aliphatic rings. The highest BCUT2D eigenvalue weighted by Gasteiger charge is 2.11. The van der Waals surface area contributed by atoms with Crippen LogP contribution in [-0.2, 0) is 13.0 Å². The molecule has 2 aromatic rings. The highest BCUT2D eigenvalue weighted by Crippen LogP contribution is 2.22. The molecule has 0 aliphatic carbocycles. The van der Waals surface area contributed by atoms with Gasteiger partial charge in [-0.1, -0.05) is 13.0 Å². The van der Waals surface area contributed by atoms with Crippen LogP contribution in [0.2, 0.25) is 0 Å². The molecule has 0 aliphatic heterocycles. The lowest BCUT2D eigenvalue weighted by Crippen LogP contribution is -2.21. The van der Waals surface area contributed by atoms with Crippen LogP contribution in [0.1, 0.15) is 31.9 Å². The van der Waals surface area contributed by atoms with Crippen molar-refractivity contribution in [2.75, 3.05) is 0 Å². The van der Waals surface area contributed by atoms with Gasteiger partial charge in [0.1, 0.15) is 0 Å². The Hall–Kier alpha value is -1.13. The first kappa shape index (κ1) is 12.3. The van der Waals surface area contributed by atoms with E-state index in [0.717, 1.165) is 11.3 Å². The molecular weight excluding hydrogens is 250 g/mol. The van der Waals surface area contributed by atoms with E-state index < -0.39 is 0 Å². The quantitative estimate of drug-likeness (QED) is 0.899. The highest BCUT2D eigenvalue weighted by molar-refractivity contribution is 7.14. The first-order valence-electron chi connectivity index (χ1n) is 5.60. The molecule has 4 heteroatoms. The summed E-state index contributed by atoms with van der Waals surface area (Å²) in [4.78, 5) is 15.2. The molecule has 90 valence electrons. The maximum absolute atomic E-state index is 11.9. The first-order valence-corrected chi connectivity index (χ1v) is 7.30. The zero-order valence-electron chi connectivity index (χ0n) is 9.95. The van der Waals surface area contributed by atoms with Gasteiger partial charge in [0.25, 0.3) is 5.91 Å². The third kappa shape index (κ3) is 2.96. The Morgan fingerprint density at radius 3 is 2.88 bits per heavy atom. The number of carbonyl (C=O) groups is 1. The second-order valence-electron chi connectivity index (χ2n) is 3.83. The third-order valence-corrected chi connectivity index (χ3v) is 4.83. The minimum absolute atomic E-state index is 0.0335. The normalized spacial score (nSPS) is 10.5. The summed E-state index contributed by atoms with van der Waals surface area (Å²) in [5, 5.41) is 4.97. The van der Waals surface area contributed by atoms with E-state index in [9.17, 15) is 4.79 Å². The van der Waals surface area contributed by atoms with E-state index in [1.807, 2.05) is 23.6 Å². The SMILES string of the molecule is CCc1sc(C(=O)NCc2cccs2)cc1C. The summed E-state index contributed by atoms with van der Waals surface area (Å²) in [6.45, 7) is 4.80. The van der Waals surface area contributed by atoms with Gasteiger partial charge in [-0.05, 0) is 36.4 Å². The van der Waals surface area contributed by atoms with Crippen molar-refractivity contribution in [1.82, 2.24) is 5.32 Å². The number of carbonyl (C=O) groups excluding carboxylic acids is 1. The molecule has 0 atom stereocenters. The summed E-state index contributed by atoms with van der Waals surface area (Å²) >= 11 is 3.26. The third-order valence-electron chi connectivity index (χ3n) is 2.57. The van der Waals surface area contributed by atoms with E-state index in [-0.39, 0.29) is 5.91 Å². The maximum Gasteiger partial charge on any atom is 0.261 e. The number of amides is 1. The van der Waals surface area contributed by atoms with Crippen molar-refractivity contribution in [2.45, 2.75) is 26.8 Å². The van der Waals surface area contributed by atoms with Gasteiger partial charge in [-0.25, -0.2) is 0 Å². The molecule has 2 heterocycles. The average molecular weight is 265 g/mol. The lowest BCUT2D eigenvalue weighted by molar-refractivity contribution is 0.0955. The van der Waals surface area contributed by atoms with E-state index in [0.29, 0.717) is 6.54 Å². The Morgan fingerprint density at radius 1 is 1.47 bits per heavy atom. The lowest BCUT2D eigenvalue weighted by atomic mass is 10.2. The van der Waals surface area contributed by atoms with Crippen molar-refractivity contribution < 1.29 is 4.79 Å². The van der Waals surface area contributed by atoms with Crippen LogP contribution in [0.25, 0.3) is 0 Å². The molecule has 0 spiro atoms. The minimum atomic E-state index is 0.0335. The van der Waals surface area contributed by atoms with Crippen LogP contribution in [-0.4, -0.2) is 5.91 Å². The lowest BCUT2D eigenvalue weighted by Gasteiger charge is -2.00. The fourth-order valence-corrected chi connectivity index (χ4v) is 3.33. The fourth-order valence-electron chi connectivity index (χ4n) is 1.65. The van der Waals surface area contributed by atoms with Gasteiger partial charge in [0, 0.05) is 9.75 Å². The number of hydrogen-bond acceptors (Lipinski definition) is 3. The van der Waals surface area contributed by atoms with Crippen LogP contribution >= 0.6 is 22.7 Å². The Kier molecular flexibility index (Phi) is 3.97. The van der Waals surface area contributed by atoms with Crippen molar-refractivity contribution in [2.24, 2.45) is 0 Å². The number of nitrogens with one attached hydrogen (secondary N) is 1. The van der Waals surface area contributed by atoms with Crippen molar-refractivity contribution in [1.29, 1.82) is 0 Å². The van der Waals surface area contributed by atoms with E-state index in [1.165, 1.54) is 15.3 Å². The van der Waals surface area contributed by atoms with E-state index in [4.69, 9.17) is 0 Å². The number of hydrogen-bond donors (Lipinski definition) is 1. The molecule has 1 amide bonds. The highest BCUT2D eigenvalue weighted by atomic mass is 32.1. The largest absolute Gasteiger partial charge is 0.346 e. The van der Waals surface area contributed by atoms with Crippen molar-refractivity contribution in [3.8, 4) is 0 Å². The number of thiophene rings is 2. The summed E-state index contributed by atoms with van der Waals surface area (Å²) < 4.78 is 0. The van der Waals surface area contributed by atoms with Crippen LogP contribution in [0, 0.1) is 6.92 Å². The molecule has 0 bridgehead atoms. The molecule has 0 radical (unpaired) electrons. The Morgan fingerprint density at radius 2 is 2.29 bits per heavy atom. The van der Waals surface area contributed by atoms with E-state index in [2.05, 4.69) is 19.2 Å². The molecule has 0 aromatic carbocycles. The summed E-state index contributed by atoms with van der Waals surface area (Å²) in [7, 11) is 0. The molecule has 1 N–H and O–H groups in total.